The van der Waals surface area contributed by atoms with Crippen LogP contribution in [-0.2, 0) is 4.74 Å². The number of carbonyl (C=O) groups excluding carboxylic acids is 2. The molecule has 22 heavy (non-hydrogen) atoms. The summed E-state index contributed by atoms with van der Waals surface area (Å²) < 4.78 is 5.98. The zero-order chi connectivity index (χ0) is 16.4. The van der Waals surface area contributed by atoms with E-state index in [1.807, 2.05) is 0 Å². The van der Waals surface area contributed by atoms with Crippen LogP contribution in [0.1, 0.15) is 33.5 Å². The summed E-state index contributed by atoms with van der Waals surface area (Å²) in [6.45, 7) is 2.77. The monoisotopic (exact) mass is 320 g/mol. The van der Waals surface area contributed by atoms with E-state index in [0.717, 1.165) is 0 Å². The van der Waals surface area contributed by atoms with E-state index < -0.39 is 17.2 Å². The first-order chi connectivity index (χ1) is 10.4. The van der Waals surface area contributed by atoms with Gasteiger partial charge in [0.05, 0.1) is 18.5 Å². The molecule has 0 atom stereocenters. The van der Waals surface area contributed by atoms with Crippen molar-refractivity contribution in [2.75, 3.05) is 7.11 Å². The van der Waals surface area contributed by atoms with Crippen molar-refractivity contribution in [3.05, 3.63) is 56.5 Å². The van der Waals surface area contributed by atoms with Gasteiger partial charge in [-0.3, -0.25) is 9.59 Å². The average molecular weight is 321 g/mol. The molecular formula is C15H13ClN2O4. The highest BCUT2D eigenvalue weighted by molar-refractivity contribution is 6.30. The van der Waals surface area contributed by atoms with Crippen LogP contribution in [0.15, 0.2) is 29.1 Å². The summed E-state index contributed by atoms with van der Waals surface area (Å²) in [6.07, 6.45) is 0. The van der Waals surface area contributed by atoms with Crippen molar-refractivity contribution < 1.29 is 14.3 Å². The highest BCUT2D eigenvalue weighted by atomic mass is 35.5. The fraction of sp³-hybridized carbons (Fsp3) is 0.200. The second-order valence-electron chi connectivity index (χ2n) is 4.57. The van der Waals surface area contributed by atoms with E-state index in [0.29, 0.717) is 10.7 Å². The molecule has 0 saturated heterocycles. The summed E-state index contributed by atoms with van der Waals surface area (Å²) in [5.41, 5.74) is -0.417. The van der Waals surface area contributed by atoms with Gasteiger partial charge >= 0.3 is 5.97 Å². The fourth-order valence-electron chi connectivity index (χ4n) is 2.02. The molecule has 0 aliphatic carbocycles. The molecule has 0 spiro atoms. The summed E-state index contributed by atoms with van der Waals surface area (Å²) in [6, 6.07) is 6.61. The second-order valence-corrected chi connectivity index (χ2v) is 5.01. The first-order valence-corrected chi connectivity index (χ1v) is 6.73. The van der Waals surface area contributed by atoms with E-state index in [2.05, 4.69) is 9.84 Å². The van der Waals surface area contributed by atoms with Gasteiger partial charge in [-0.1, -0.05) is 11.6 Å². The third-order valence-corrected chi connectivity index (χ3v) is 3.37. The topological polar surface area (TPSA) is 78.3 Å². The Morgan fingerprint density at radius 2 is 1.82 bits per heavy atom. The number of Topliss-reactive ketones (excluding diaryl/α,β-unsaturated/α-hetero) is 1. The summed E-state index contributed by atoms with van der Waals surface area (Å²) in [4.78, 5) is 35.8. The number of ketones is 1. The minimum absolute atomic E-state index is 0.211. The molecule has 2 rings (SSSR count). The number of nitrogens with zero attached hydrogens (tertiary/aromatic N) is 2. The Hall–Kier alpha value is -2.47. The largest absolute Gasteiger partial charge is 0.465 e. The van der Waals surface area contributed by atoms with Gasteiger partial charge in [0.2, 0.25) is 5.43 Å². The van der Waals surface area contributed by atoms with Crippen molar-refractivity contribution >= 4 is 23.4 Å². The lowest BCUT2D eigenvalue weighted by molar-refractivity contribution is 0.0597. The van der Waals surface area contributed by atoms with Crippen molar-refractivity contribution in [1.29, 1.82) is 0 Å². The SMILES string of the molecule is COC(=O)c1c(C)n(-c2ccc(Cl)cc2)nc(C(C)=O)c1=O. The van der Waals surface area contributed by atoms with Gasteiger partial charge in [0.1, 0.15) is 5.56 Å². The molecule has 1 heterocycles. The van der Waals surface area contributed by atoms with Crippen LogP contribution in [0, 0.1) is 6.92 Å². The molecule has 1 aromatic heterocycles. The van der Waals surface area contributed by atoms with Crippen molar-refractivity contribution in [2.24, 2.45) is 0 Å². The van der Waals surface area contributed by atoms with Crippen LogP contribution in [0.2, 0.25) is 5.02 Å². The number of esters is 1. The quantitative estimate of drug-likeness (QED) is 0.640. The first-order valence-electron chi connectivity index (χ1n) is 6.36. The van der Waals surface area contributed by atoms with E-state index in [1.54, 1.807) is 31.2 Å². The molecule has 0 radical (unpaired) electrons. The van der Waals surface area contributed by atoms with E-state index in [4.69, 9.17) is 11.6 Å². The third-order valence-electron chi connectivity index (χ3n) is 3.12. The zero-order valence-electron chi connectivity index (χ0n) is 12.2. The molecule has 0 bridgehead atoms. The first kappa shape index (κ1) is 15.9. The van der Waals surface area contributed by atoms with Crippen molar-refractivity contribution in [1.82, 2.24) is 9.78 Å². The van der Waals surface area contributed by atoms with E-state index >= 15 is 0 Å². The van der Waals surface area contributed by atoms with Crippen LogP contribution in [0.25, 0.3) is 5.69 Å². The summed E-state index contributed by atoms with van der Waals surface area (Å²) in [5, 5.41) is 4.58. The molecule has 1 aromatic carbocycles. The van der Waals surface area contributed by atoms with Gasteiger partial charge in [-0.05, 0) is 31.2 Å². The summed E-state index contributed by atoms with van der Waals surface area (Å²) in [5.74, 6) is -1.34. The minimum atomic E-state index is -0.810. The standard InChI is InChI=1S/C15H13ClN2O4/c1-8-12(15(21)22-3)14(20)13(9(2)19)17-18(8)11-6-4-10(16)5-7-11/h4-7H,1-3H3. The Balaban J connectivity index is 2.82. The molecule has 0 aliphatic rings. The Kier molecular flexibility index (Phi) is 4.42. The van der Waals surface area contributed by atoms with Crippen molar-refractivity contribution in [2.45, 2.75) is 13.8 Å². The number of aromatic nitrogens is 2. The molecule has 2 aromatic rings. The predicted octanol–water partition coefficient (Wildman–Crippen LogP) is 2.18. The molecule has 0 amide bonds. The lowest BCUT2D eigenvalue weighted by Crippen LogP contribution is -2.29. The van der Waals surface area contributed by atoms with Gasteiger partial charge in [-0.15, -0.1) is 0 Å². The van der Waals surface area contributed by atoms with Gasteiger partial charge < -0.3 is 4.74 Å². The molecule has 0 unspecified atom stereocenters. The number of benzene rings is 1. The fourth-order valence-corrected chi connectivity index (χ4v) is 2.14. The van der Waals surface area contributed by atoms with Gasteiger partial charge in [0.15, 0.2) is 11.5 Å². The van der Waals surface area contributed by atoms with Crippen molar-refractivity contribution in [3.8, 4) is 5.69 Å². The number of ether oxygens (including phenoxy) is 1. The molecule has 0 fully saturated rings. The van der Waals surface area contributed by atoms with Gasteiger partial charge in [0.25, 0.3) is 0 Å². The highest BCUT2D eigenvalue weighted by Crippen LogP contribution is 2.16. The lowest BCUT2D eigenvalue weighted by Gasteiger charge is -2.13. The zero-order valence-corrected chi connectivity index (χ0v) is 13.0. The molecule has 6 nitrogen and oxygen atoms in total. The molecule has 0 N–H and O–H groups in total. The Labute approximate surface area is 131 Å². The molecule has 7 heteroatoms. The Morgan fingerprint density at radius 1 is 1.23 bits per heavy atom. The molecule has 114 valence electrons. The predicted molar refractivity (Wildman–Crippen MR) is 80.9 cm³/mol. The molecular weight excluding hydrogens is 308 g/mol. The van der Waals surface area contributed by atoms with Crippen molar-refractivity contribution in [3.63, 3.8) is 0 Å². The number of carbonyl (C=O) groups is 2. The maximum absolute atomic E-state index is 12.3. The molecule has 0 aliphatic heterocycles. The van der Waals surface area contributed by atoms with Crippen LogP contribution in [0.4, 0.5) is 0 Å². The summed E-state index contributed by atoms with van der Waals surface area (Å²) >= 11 is 5.84. The van der Waals surface area contributed by atoms with E-state index in [9.17, 15) is 14.4 Å². The van der Waals surface area contributed by atoms with Crippen LogP contribution >= 0.6 is 11.6 Å². The number of halogens is 1. The average Bonchev–Trinajstić information content (AvgIpc) is 2.48. The number of hydrogen-bond acceptors (Lipinski definition) is 5. The maximum atomic E-state index is 12.3. The smallest absolute Gasteiger partial charge is 0.343 e. The Morgan fingerprint density at radius 3 is 2.32 bits per heavy atom. The lowest BCUT2D eigenvalue weighted by atomic mass is 10.1. The molecule has 0 saturated carbocycles. The highest BCUT2D eigenvalue weighted by Gasteiger charge is 2.23. The normalized spacial score (nSPS) is 10.4. The van der Waals surface area contributed by atoms with Gasteiger partial charge in [-0.25, -0.2) is 9.48 Å². The minimum Gasteiger partial charge on any atom is -0.465 e. The number of rotatable bonds is 3. The second kappa shape index (κ2) is 6.11. The number of hydrogen-bond donors (Lipinski definition) is 0. The summed E-state index contributed by atoms with van der Waals surface area (Å²) in [7, 11) is 1.17. The van der Waals surface area contributed by atoms with Crippen LogP contribution in [0.3, 0.4) is 0 Å². The van der Waals surface area contributed by atoms with Crippen LogP contribution in [0.5, 0.6) is 0 Å². The van der Waals surface area contributed by atoms with Crippen LogP contribution < -0.4 is 5.43 Å². The van der Waals surface area contributed by atoms with Gasteiger partial charge in [-0.2, -0.15) is 5.10 Å². The maximum Gasteiger partial charge on any atom is 0.343 e. The number of methoxy groups -OCH3 is 1. The van der Waals surface area contributed by atoms with Gasteiger partial charge in [0, 0.05) is 11.9 Å². The van der Waals surface area contributed by atoms with E-state index in [1.165, 1.54) is 18.7 Å². The third kappa shape index (κ3) is 2.78. The van der Waals surface area contributed by atoms with Crippen LogP contribution in [-0.4, -0.2) is 28.6 Å². The Bertz CT molecular complexity index is 810. The van der Waals surface area contributed by atoms with E-state index in [-0.39, 0.29) is 17.0 Å².